The van der Waals surface area contributed by atoms with Crippen molar-refractivity contribution in [1.29, 1.82) is 0 Å². The molecule has 2 aromatic carbocycles. The van der Waals surface area contributed by atoms with E-state index in [9.17, 15) is 13.2 Å². The number of Topliss-reactive ketones (excluding diaryl/α,β-unsaturated/α-hetero) is 1. The van der Waals surface area contributed by atoms with Gasteiger partial charge < -0.3 is 0 Å². The Morgan fingerprint density at radius 3 is 2.32 bits per heavy atom. The van der Waals surface area contributed by atoms with Crippen LogP contribution in [-0.2, 0) is 16.6 Å². The van der Waals surface area contributed by atoms with Crippen molar-refractivity contribution >= 4 is 38.6 Å². The van der Waals surface area contributed by atoms with Crippen molar-refractivity contribution in [2.75, 3.05) is 0 Å². The number of ketones is 1. The SMILES string of the molecule is O=C1C(=NCc2ccccc2)C=C(NS(=O)(=O)c2cccs2)c2ccccc21. The fourth-order valence-electron chi connectivity index (χ4n) is 2.91. The number of sulfonamides is 1. The van der Waals surface area contributed by atoms with Gasteiger partial charge in [0.1, 0.15) is 9.92 Å². The van der Waals surface area contributed by atoms with Gasteiger partial charge in [-0.05, 0) is 23.1 Å². The summed E-state index contributed by atoms with van der Waals surface area (Å²) in [4.78, 5) is 17.3. The number of carbonyl (C=O) groups excluding carboxylic acids is 1. The van der Waals surface area contributed by atoms with E-state index < -0.39 is 10.0 Å². The highest BCUT2D eigenvalue weighted by Crippen LogP contribution is 2.26. The first kappa shape index (κ1) is 18.3. The molecule has 0 radical (unpaired) electrons. The molecule has 1 aliphatic rings. The van der Waals surface area contributed by atoms with E-state index in [2.05, 4.69) is 9.71 Å². The Morgan fingerprint density at radius 1 is 0.893 bits per heavy atom. The van der Waals surface area contributed by atoms with Crippen LogP contribution in [0.2, 0.25) is 0 Å². The van der Waals surface area contributed by atoms with Crippen LogP contribution in [0.25, 0.3) is 5.70 Å². The zero-order valence-corrected chi connectivity index (χ0v) is 16.3. The third-order valence-electron chi connectivity index (χ3n) is 4.25. The van der Waals surface area contributed by atoms with Gasteiger partial charge in [-0.3, -0.25) is 14.5 Å². The van der Waals surface area contributed by atoms with Crippen LogP contribution in [0.4, 0.5) is 0 Å². The molecule has 1 aliphatic carbocycles. The van der Waals surface area contributed by atoms with E-state index in [1.54, 1.807) is 35.7 Å². The molecule has 1 N–H and O–H groups in total. The smallest absolute Gasteiger partial charge is 0.271 e. The predicted octanol–water partition coefficient (Wildman–Crippen LogP) is 3.91. The van der Waals surface area contributed by atoms with E-state index in [1.165, 1.54) is 12.1 Å². The summed E-state index contributed by atoms with van der Waals surface area (Å²) >= 11 is 1.13. The minimum Gasteiger partial charge on any atom is -0.287 e. The molecular formula is C21H16N2O3S2. The van der Waals surface area contributed by atoms with Gasteiger partial charge in [0.05, 0.1) is 12.2 Å². The number of hydrogen-bond acceptors (Lipinski definition) is 5. The molecule has 0 unspecified atom stereocenters. The van der Waals surface area contributed by atoms with Crippen molar-refractivity contribution in [3.8, 4) is 0 Å². The molecule has 28 heavy (non-hydrogen) atoms. The van der Waals surface area contributed by atoms with Gasteiger partial charge in [-0.2, -0.15) is 0 Å². The minimum atomic E-state index is -3.73. The molecule has 1 aromatic heterocycles. The van der Waals surface area contributed by atoms with Gasteiger partial charge in [-0.25, -0.2) is 8.42 Å². The summed E-state index contributed by atoms with van der Waals surface area (Å²) in [6.07, 6.45) is 1.51. The monoisotopic (exact) mass is 408 g/mol. The summed E-state index contributed by atoms with van der Waals surface area (Å²) in [6.45, 7) is 0.339. The summed E-state index contributed by atoms with van der Waals surface area (Å²) in [6, 6.07) is 19.7. The largest absolute Gasteiger partial charge is 0.287 e. The number of fused-ring (bicyclic) bond motifs is 1. The third-order valence-corrected chi connectivity index (χ3v) is 7.02. The van der Waals surface area contributed by atoms with Crippen LogP contribution in [0, 0.1) is 0 Å². The Bertz CT molecular complexity index is 1180. The van der Waals surface area contributed by atoms with Gasteiger partial charge >= 0.3 is 0 Å². The lowest BCUT2D eigenvalue weighted by atomic mass is 9.92. The lowest BCUT2D eigenvalue weighted by molar-refractivity contribution is 0.106. The van der Waals surface area contributed by atoms with Gasteiger partial charge in [0.15, 0.2) is 0 Å². The topological polar surface area (TPSA) is 75.6 Å². The van der Waals surface area contributed by atoms with E-state index >= 15 is 0 Å². The van der Waals surface area contributed by atoms with E-state index in [-0.39, 0.29) is 15.7 Å². The summed E-state index contributed by atoms with van der Waals surface area (Å²) in [5.74, 6) is -0.217. The second-order valence-electron chi connectivity index (χ2n) is 6.16. The molecule has 5 nitrogen and oxygen atoms in total. The van der Waals surface area contributed by atoms with Crippen molar-refractivity contribution in [3.05, 3.63) is 94.9 Å². The molecule has 1 heterocycles. The van der Waals surface area contributed by atoms with Crippen LogP contribution >= 0.6 is 11.3 Å². The van der Waals surface area contributed by atoms with Gasteiger partial charge in [-0.1, -0.05) is 60.7 Å². The second kappa shape index (κ2) is 7.53. The molecule has 4 rings (SSSR count). The molecule has 0 atom stereocenters. The highest BCUT2D eigenvalue weighted by molar-refractivity contribution is 7.91. The van der Waals surface area contributed by atoms with E-state index in [4.69, 9.17) is 0 Å². The summed E-state index contributed by atoms with van der Waals surface area (Å²) < 4.78 is 28.2. The zero-order valence-electron chi connectivity index (χ0n) is 14.7. The van der Waals surface area contributed by atoms with Crippen molar-refractivity contribution in [2.45, 2.75) is 10.8 Å². The maximum Gasteiger partial charge on any atom is 0.271 e. The number of nitrogens with zero attached hydrogens (tertiary/aromatic N) is 1. The third kappa shape index (κ3) is 3.67. The number of nitrogens with one attached hydrogen (secondary N) is 1. The normalized spacial score (nSPS) is 15.2. The number of rotatable bonds is 5. The molecule has 7 heteroatoms. The molecule has 140 valence electrons. The Labute approximate surface area is 167 Å². The second-order valence-corrected chi connectivity index (χ2v) is 9.01. The first-order valence-electron chi connectivity index (χ1n) is 8.55. The molecule has 0 bridgehead atoms. The molecule has 0 saturated carbocycles. The average Bonchev–Trinajstić information content (AvgIpc) is 3.26. The lowest BCUT2D eigenvalue weighted by Crippen LogP contribution is -2.28. The van der Waals surface area contributed by atoms with Crippen LogP contribution in [0.3, 0.4) is 0 Å². The summed E-state index contributed by atoms with van der Waals surface area (Å²) in [7, 11) is -3.73. The predicted molar refractivity (Wildman–Crippen MR) is 111 cm³/mol. The van der Waals surface area contributed by atoms with Gasteiger partial charge in [0.2, 0.25) is 5.78 Å². The first-order valence-corrected chi connectivity index (χ1v) is 10.9. The number of hydrogen-bond donors (Lipinski definition) is 1. The zero-order chi connectivity index (χ0) is 19.6. The van der Waals surface area contributed by atoms with Crippen LogP contribution in [-0.4, -0.2) is 19.9 Å². The van der Waals surface area contributed by atoms with Crippen LogP contribution in [0.15, 0.2) is 87.4 Å². The average molecular weight is 409 g/mol. The quantitative estimate of drug-likeness (QED) is 0.696. The van der Waals surface area contributed by atoms with E-state index in [1.807, 2.05) is 30.3 Å². The summed E-state index contributed by atoms with van der Waals surface area (Å²) in [5, 5.41) is 1.70. The molecular weight excluding hydrogens is 392 g/mol. The van der Waals surface area contributed by atoms with Crippen molar-refractivity contribution in [1.82, 2.24) is 4.72 Å². The van der Waals surface area contributed by atoms with E-state index in [0.717, 1.165) is 16.9 Å². The Hall–Kier alpha value is -3.03. The Morgan fingerprint density at radius 2 is 1.61 bits per heavy atom. The van der Waals surface area contributed by atoms with Crippen LogP contribution in [0.1, 0.15) is 21.5 Å². The molecule has 0 spiro atoms. The maximum absolute atomic E-state index is 12.8. The maximum atomic E-state index is 12.8. The highest BCUT2D eigenvalue weighted by atomic mass is 32.2. The van der Waals surface area contributed by atoms with Crippen molar-refractivity contribution < 1.29 is 13.2 Å². The Balaban J connectivity index is 1.73. The number of thiophene rings is 1. The Kier molecular flexibility index (Phi) is 4.93. The number of carbonyl (C=O) groups is 1. The fraction of sp³-hybridized carbons (Fsp3) is 0.0476. The first-order chi connectivity index (χ1) is 13.5. The molecule has 0 saturated heterocycles. The summed E-state index contributed by atoms with van der Waals surface area (Å²) in [5.41, 5.74) is 2.52. The molecule has 3 aromatic rings. The van der Waals surface area contributed by atoms with Gasteiger partial charge in [0.25, 0.3) is 10.0 Å². The number of aliphatic imine (C=N–C) groups is 1. The lowest BCUT2D eigenvalue weighted by Gasteiger charge is -2.19. The number of benzene rings is 2. The minimum absolute atomic E-state index is 0.213. The van der Waals surface area contributed by atoms with Gasteiger partial charge in [-0.15, -0.1) is 11.3 Å². The molecule has 0 aliphatic heterocycles. The van der Waals surface area contributed by atoms with Crippen LogP contribution < -0.4 is 4.72 Å². The van der Waals surface area contributed by atoms with Crippen molar-refractivity contribution in [3.63, 3.8) is 0 Å². The fourth-order valence-corrected chi connectivity index (χ4v) is 4.97. The van der Waals surface area contributed by atoms with E-state index in [0.29, 0.717) is 23.4 Å². The van der Waals surface area contributed by atoms with Crippen molar-refractivity contribution in [2.24, 2.45) is 4.99 Å². The standard InChI is InChI=1S/C21H16N2O3S2/c24-21-17-10-5-4-9-16(17)18(23-28(25,26)20-11-6-12-27-20)13-19(21)22-14-15-7-2-1-3-8-15/h1-13,23H,14H2. The highest BCUT2D eigenvalue weighted by Gasteiger charge is 2.27. The molecule has 0 fully saturated rings. The number of allylic oxidation sites excluding steroid dienone is 1. The molecule has 0 amide bonds. The van der Waals surface area contributed by atoms with Crippen LogP contribution in [0.5, 0.6) is 0 Å². The van der Waals surface area contributed by atoms with Gasteiger partial charge in [0, 0.05) is 11.1 Å².